The molecule has 2 unspecified atom stereocenters. The highest BCUT2D eigenvalue weighted by atomic mass is 19.1. The summed E-state index contributed by atoms with van der Waals surface area (Å²) in [5.41, 5.74) is -0.0241. The number of methoxy groups -OCH3 is 2. The molecule has 1 aromatic carbocycles. The van der Waals surface area contributed by atoms with Crippen LogP contribution in [0.3, 0.4) is 0 Å². The van der Waals surface area contributed by atoms with Crippen molar-refractivity contribution in [1.82, 2.24) is 0 Å². The number of ether oxygens (including phenoxy) is 2. The number of benzene rings is 1. The van der Waals surface area contributed by atoms with E-state index in [1.807, 2.05) is 0 Å². The molecule has 0 aromatic heterocycles. The molecule has 0 aliphatic carbocycles. The molecular formula is C16H19FO6. The Labute approximate surface area is 133 Å². The second-order valence-corrected chi connectivity index (χ2v) is 5.04. The SMILES string of the molecule is COC(=O)C(C(=O)Cc1c(F)cccc1OC)C(O)CC(C)=O. The minimum absolute atomic E-state index is 0.0241. The van der Waals surface area contributed by atoms with E-state index in [1.165, 1.54) is 26.2 Å². The Morgan fingerprint density at radius 3 is 2.43 bits per heavy atom. The molecule has 0 radical (unpaired) electrons. The van der Waals surface area contributed by atoms with Crippen molar-refractivity contribution in [3.8, 4) is 5.75 Å². The Bertz CT molecular complexity index is 598. The Morgan fingerprint density at radius 2 is 1.91 bits per heavy atom. The van der Waals surface area contributed by atoms with Crippen molar-refractivity contribution in [2.45, 2.75) is 25.9 Å². The van der Waals surface area contributed by atoms with E-state index >= 15 is 0 Å². The van der Waals surface area contributed by atoms with Crippen molar-refractivity contribution in [3.63, 3.8) is 0 Å². The van der Waals surface area contributed by atoms with Crippen LogP contribution >= 0.6 is 0 Å². The number of hydrogen-bond acceptors (Lipinski definition) is 6. The van der Waals surface area contributed by atoms with Gasteiger partial charge in [-0.05, 0) is 19.1 Å². The molecule has 0 aliphatic heterocycles. The highest BCUT2D eigenvalue weighted by molar-refractivity contribution is 6.01. The molecule has 126 valence electrons. The van der Waals surface area contributed by atoms with Crippen LogP contribution in [0.5, 0.6) is 5.75 Å². The lowest BCUT2D eigenvalue weighted by atomic mass is 9.90. The molecule has 0 amide bonds. The lowest BCUT2D eigenvalue weighted by Crippen LogP contribution is -2.38. The third kappa shape index (κ3) is 4.85. The smallest absolute Gasteiger partial charge is 0.318 e. The second-order valence-electron chi connectivity index (χ2n) is 5.04. The van der Waals surface area contributed by atoms with Gasteiger partial charge in [-0.1, -0.05) is 6.07 Å². The maximum Gasteiger partial charge on any atom is 0.318 e. The zero-order valence-corrected chi connectivity index (χ0v) is 13.2. The van der Waals surface area contributed by atoms with Crippen molar-refractivity contribution in [2.75, 3.05) is 14.2 Å². The number of aliphatic hydroxyl groups excluding tert-OH is 1. The van der Waals surface area contributed by atoms with Gasteiger partial charge in [-0.2, -0.15) is 0 Å². The van der Waals surface area contributed by atoms with E-state index in [9.17, 15) is 23.9 Å². The number of halogens is 1. The zero-order valence-electron chi connectivity index (χ0n) is 13.2. The molecule has 1 N–H and O–H groups in total. The molecule has 6 nitrogen and oxygen atoms in total. The zero-order chi connectivity index (χ0) is 17.6. The monoisotopic (exact) mass is 326 g/mol. The number of rotatable bonds is 8. The summed E-state index contributed by atoms with van der Waals surface area (Å²) in [6.45, 7) is 1.22. The molecular weight excluding hydrogens is 307 g/mol. The highest BCUT2D eigenvalue weighted by Crippen LogP contribution is 2.24. The molecule has 2 atom stereocenters. The molecule has 1 rings (SSSR count). The fourth-order valence-electron chi connectivity index (χ4n) is 2.23. The van der Waals surface area contributed by atoms with Crippen LogP contribution < -0.4 is 4.74 Å². The van der Waals surface area contributed by atoms with Gasteiger partial charge in [-0.15, -0.1) is 0 Å². The topological polar surface area (TPSA) is 89.9 Å². The number of carbonyl (C=O) groups is 3. The summed E-state index contributed by atoms with van der Waals surface area (Å²) >= 11 is 0. The molecule has 7 heteroatoms. The number of aliphatic hydroxyl groups is 1. The van der Waals surface area contributed by atoms with Crippen LogP contribution in [0.15, 0.2) is 18.2 Å². The molecule has 23 heavy (non-hydrogen) atoms. The highest BCUT2D eigenvalue weighted by Gasteiger charge is 2.35. The van der Waals surface area contributed by atoms with Gasteiger partial charge in [0.05, 0.1) is 20.3 Å². The number of Topliss-reactive ketones (excluding diaryl/α,β-unsaturated/α-hetero) is 2. The first-order chi connectivity index (χ1) is 10.8. The minimum Gasteiger partial charge on any atom is -0.496 e. The largest absolute Gasteiger partial charge is 0.496 e. The average Bonchev–Trinajstić information content (AvgIpc) is 2.48. The quantitative estimate of drug-likeness (QED) is 0.568. The first-order valence-electron chi connectivity index (χ1n) is 6.91. The number of ketones is 2. The standard InChI is InChI=1S/C16H19FO6/c1-9(18)7-12(19)15(16(21)23-3)13(20)8-10-11(17)5-4-6-14(10)22-2/h4-6,12,15,19H,7-8H2,1-3H3. The number of esters is 1. The van der Waals surface area contributed by atoms with Crippen LogP contribution in [-0.4, -0.2) is 43.0 Å². The summed E-state index contributed by atoms with van der Waals surface area (Å²) in [4.78, 5) is 35.2. The van der Waals surface area contributed by atoms with Crippen molar-refractivity contribution in [1.29, 1.82) is 0 Å². The van der Waals surface area contributed by atoms with Crippen molar-refractivity contribution in [2.24, 2.45) is 5.92 Å². The summed E-state index contributed by atoms with van der Waals surface area (Å²) in [5.74, 6) is -4.19. The summed E-state index contributed by atoms with van der Waals surface area (Å²) in [6, 6.07) is 4.06. The van der Waals surface area contributed by atoms with Crippen LogP contribution in [0, 0.1) is 11.7 Å². The summed E-state index contributed by atoms with van der Waals surface area (Å²) in [5, 5.41) is 9.96. The fourth-order valence-corrected chi connectivity index (χ4v) is 2.23. The average molecular weight is 326 g/mol. The van der Waals surface area contributed by atoms with Gasteiger partial charge in [0.15, 0.2) is 5.78 Å². The maximum atomic E-state index is 13.9. The number of hydrogen-bond donors (Lipinski definition) is 1. The number of carbonyl (C=O) groups excluding carboxylic acids is 3. The predicted molar refractivity (Wildman–Crippen MR) is 78.5 cm³/mol. The van der Waals surface area contributed by atoms with E-state index in [-0.39, 0.29) is 23.5 Å². The van der Waals surface area contributed by atoms with E-state index in [4.69, 9.17) is 4.74 Å². The third-order valence-corrected chi connectivity index (χ3v) is 3.33. The summed E-state index contributed by atoms with van der Waals surface area (Å²) in [7, 11) is 2.39. The normalized spacial score (nSPS) is 13.1. The molecule has 0 heterocycles. The van der Waals surface area contributed by atoms with Gasteiger partial charge in [-0.3, -0.25) is 14.4 Å². The van der Waals surface area contributed by atoms with Gasteiger partial charge >= 0.3 is 5.97 Å². The molecule has 0 bridgehead atoms. The van der Waals surface area contributed by atoms with Gasteiger partial charge in [-0.25, -0.2) is 4.39 Å². The first-order valence-corrected chi connectivity index (χ1v) is 6.91. The van der Waals surface area contributed by atoms with E-state index in [1.54, 1.807) is 0 Å². The Morgan fingerprint density at radius 1 is 1.26 bits per heavy atom. The van der Waals surface area contributed by atoms with Crippen molar-refractivity contribution in [3.05, 3.63) is 29.6 Å². The molecule has 0 spiro atoms. The van der Waals surface area contributed by atoms with Gasteiger partial charge in [0.1, 0.15) is 23.3 Å². The van der Waals surface area contributed by atoms with Crippen LogP contribution in [-0.2, 0) is 25.5 Å². The van der Waals surface area contributed by atoms with E-state index in [0.29, 0.717) is 0 Å². The van der Waals surface area contributed by atoms with Crippen LogP contribution in [0.25, 0.3) is 0 Å². The van der Waals surface area contributed by atoms with Crippen molar-refractivity contribution >= 4 is 17.5 Å². The second kappa shape index (κ2) is 8.38. The predicted octanol–water partition coefficient (Wildman–Crippen LogP) is 1.08. The van der Waals surface area contributed by atoms with Gasteiger partial charge < -0.3 is 14.6 Å². The van der Waals surface area contributed by atoms with Crippen molar-refractivity contribution < 1.29 is 33.4 Å². The lowest BCUT2D eigenvalue weighted by molar-refractivity contribution is -0.154. The molecule has 0 saturated carbocycles. The summed E-state index contributed by atoms with van der Waals surface area (Å²) in [6.07, 6.45) is -2.37. The van der Waals surface area contributed by atoms with Crippen LogP contribution in [0.4, 0.5) is 4.39 Å². The molecule has 0 saturated heterocycles. The van der Waals surface area contributed by atoms with Crippen LogP contribution in [0.1, 0.15) is 18.9 Å². The lowest BCUT2D eigenvalue weighted by Gasteiger charge is -2.19. The molecule has 0 aliphatic rings. The van der Waals surface area contributed by atoms with Gasteiger partial charge in [0, 0.05) is 18.4 Å². The van der Waals surface area contributed by atoms with Crippen LogP contribution in [0.2, 0.25) is 0 Å². The Balaban J connectivity index is 3.07. The maximum absolute atomic E-state index is 13.9. The van der Waals surface area contributed by atoms with Gasteiger partial charge in [0.2, 0.25) is 0 Å². The first kappa shape index (κ1) is 18.8. The third-order valence-electron chi connectivity index (χ3n) is 3.33. The molecule has 0 fully saturated rings. The van der Waals surface area contributed by atoms with E-state index < -0.39 is 36.0 Å². The Kier molecular flexibility index (Phi) is 6.84. The Hall–Kier alpha value is -2.28. The minimum atomic E-state index is -1.56. The van der Waals surface area contributed by atoms with Gasteiger partial charge in [0.25, 0.3) is 0 Å². The fraction of sp³-hybridized carbons (Fsp3) is 0.438. The summed E-state index contributed by atoms with van der Waals surface area (Å²) < 4.78 is 23.4. The molecule has 1 aromatic rings. The van der Waals surface area contributed by atoms with E-state index in [2.05, 4.69) is 4.74 Å². The van der Waals surface area contributed by atoms with E-state index in [0.717, 1.165) is 13.2 Å².